The number of Topliss-reactive ketones (excluding diaryl/α,β-unsaturated/α-hetero) is 1. The van der Waals surface area contributed by atoms with E-state index in [2.05, 4.69) is 10.2 Å². The van der Waals surface area contributed by atoms with Crippen LogP contribution in [-0.4, -0.2) is 42.6 Å². The van der Waals surface area contributed by atoms with Gasteiger partial charge in [0, 0.05) is 42.4 Å². The summed E-state index contributed by atoms with van der Waals surface area (Å²) < 4.78 is 0. The summed E-state index contributed by atoms with van der Waals surface area (Å²) in [5.74, 6) is -3.09. The van der Waals surface area contributed by atoms with Crippen LogP contribution in [0.2, 0.25) is 0 Å². The molecule has 1 fully saturated rings. The van der Waals surface area contributed by atoms with Crippen LogP contribution < -0.4 is 9.80 Å². The molecule has 4 atom stereocenters. The molecule has 47 heavy (non-hydrogen) atoms. The van der Waals surface area contributed by atoms with Gasteiger partial charge in [0.15, 0.2) is 11.6 Å². The number of benzene rings is 3. The van der Waals surface area contributed by atoms with E-state index in [9.17, 15) is 24.3 Å². The van der Waals surface area contributed by atoms with E-state index in [1.54, 1.807) is 50.2 Å². The van der Waals surface area contributed by atoms with Gasteiger partial charge in [0.1, 0.15) is 5.75 Å². The first-order chi connectivity index (χ1) is 22.5. The Morgan fingerprint density at radius 2 is 1.49 bits per heavy atom. The first-order valence-electron chi connectivity index (χ1n) is 15.7. The Kier molecular flexibility index (Phi) is 7.34. The monoisotopic (exact) mass is 626 g/mol. The molecule has 236 valence electrons. The lowest BCUT2D eigenvalue weighted by molar-refractivity contribution is -0.123. The number of imide groups is 1. The van der Waals surface area contributed by atoms with Crippen molar-refractivity contribution in [1.82, 2.24) is 0 Å². The summed E-state index contributed by atoms with van der Waals surface area (Å²) in [7, 11) is 3.93. The number of amides is 2. The smallest absolute Gasteiger partial charge is 0.238 e. The van der Waals surface area contributed by atoms with Crippen molar-refractivity contribution in [3.05, 3.63) is 112 Å². The lowest BCUT2D eigenvalue weighted by Gasteiger charge is -2.42. The van der Waals surface area contributed by atoms with Gasteiger partial charge in [-0.1, -0.05) is 23.8 Å². The Hall–Kier alpha value is -5.44. The second kappa shape index (κ2) is 11.4. The number of carbonyl (C=O) groups is 4. The highest BCUT2D eigenvalue weighted by Gasteiger charge is 2.56. The molecule has 2 amide bonds. The van der Waals surface area contributed by atoms with Crippen molar-refractivity contribution in [2.24, 2.45) is 28.0 Å². The van der Waals surface area contributed by atoms with Gasteiger partial charge < -0.3 is 10.0 Å². The van der Waals surface area contributed by atoms with Crippen LogP contribution in [0.4, 0.5) is 22.7 Å². The van der Waals surface area contributed by atoms with Crippen LogP contribution in [0.15, 0.2) is 111 Å². The second-order valence-electron chi connectivity index (χ2n) is 12.9. The molecule has 1 heterocycles. The van der Waals surface area contributed by atoms with Gasteiger partial charge in [-0.05, 0) is 104 Å². The molecular formula is C38H34N4O5. The third-order valence-corrected chi connectivity index (χ3v) is 9.87. The van der Waals surface area contributed by atoms with Gasteiger partial charge in [-0.2, -0.15) is 10.2 Å². The average Bonchev–Trinajstić information content (AvgIpc) is 3.32. The van der Waals surface area contributed by atoms with E-state index in [0.29, 0.717) is 45.8 Å². The zero-order valence-electron chi connectivity index (χ0n) is 26.6. The van der Waals surface area contributed by atoms with E-state index >= 15 is 0 Å². The van der Waals surface area contributed by atoms with E-state index in [1.165, 1.54) is 11.0 Å². The molecule has 0 spiro atoms. The minimum atomic E-state index is -0.670. The number of fused-ring (bicyclic) bond motifs is 3. The Morgan fingerprint density at radius 1 is 0.830 bits per heavy atom. The van der Waals surface area contributed by atoms with Crippen LogP contribution in [0.5, 0.6) is 5.75 Å². The Balaban J connectivity index is 1.19. The number of rotatable bonds is 5. The van der Waals surface area contributed by atoms with Crippen LogP contribution in [0, 0.1) is 24.7 Å². The minimum absolute atomic E-state index is 0.133. The summed E-state index contributed by atoms with van der Waals surface area (Å²) in [5.41, 5.74) is 6.29. The lowest BCUT2D eigenvalue weighted by atomic mass is 9.59. The van der Waals surface area contributed by atoms with Crippen molar-refractivity contribution in [2.45, 2.75) is 32.6 Å². The van der Waals surface area contributed by atoms with Crippen molar-refractivity contribution >= 4 is 46.1 Å². The van der Waals surface area contributed by atoms with Crippen molar-refractivity contribution in [3.8, 4) is 5.75 Å². The third-order valence-electron chi connectivity index (χ3n) is 9.87. The predicted octanol–water partition coefficient (Wildman–Crippen LogP) is 6.82. The molecule has 0 unspecified atom stereocenters. The van der Waals surface area contributed by atoms with Gasteiger partial charge >= 0.3 is 0 Å². The first-order valence-corrected chi connectivity index (χ1v) is 15.7. The Bertz CT molecular complexity index is 1980. The van der Waals surface area contributed by atoms with E-state index in [4.69, 9.17) is 0 Å². The highest BCUT2D eigenvalue weighted by molar-refractivity contribution is 6.25. The standard InChI is InChI=1S/C38H34N4O5/c1-20-17-22(5-16-31(20)43)33-27-14-15-28-34(29(27)19-30-35(33)32(44)18-21(2)36(30)45)38(47)42(37(28)46)26-12-8-24(9-13-26)40-39-23-6-10-25(11-7-23)41(3)4/h5-14,16-18,28-29,33-34,43H,15,19H2,1-4H3/t28-,29+,33-,34-/m0/s1. The quantitative estimate of drug-likeness (QED) is 0.144. The third kappa shape index (κ3) is 5.02. The molecule has 0 saturated carbocycles. The maximum Gasteiger partial charge on any atom is 0.238 e. The van der Waals surface area contributed by atoms with E-state index in [1.807, 2.05) is 55.4 Å². The van der Waals surface area contributed by atoms with E-state index in [0.717, 1.165) is 16.8 Å². The maximum absolute atomic E-state index is 14.2. The van der Waals surface area contributed by atoms with Crippen LogP contribution >= 0.6 is 0 Å². The number of hydrogen-bond donors (Lipinski definition) is 1. The SMILES string of the molecule is CC1=CC(=O)C2=C(C[C@@H]3C(=CC[C@@H]4C(=O)N(c5ccc(N=Nc6ccc(N(C)C)cc6)cc5)C(=O)[C@@H]43)[C@@H]2c2ccc(O)c(C)c2)C1=O. The van der Waals surface area contributed by atoms with Gasteiger partial charge in [-0.15, -0.1) is 0 Å². The molecule has 3 aliphatic carbocycles. The molecule has 0 radical (unpaired) electrons. The van der Waals surface area contributed by atoms with Crippen molar-refractivity contribution in [3.63, 3.8) is 0 Å². The van der Waals surface area contributed by atoms with Crippen molar-refractivity contribution < 1.29 is 24.3 Å². The number of phenols is 1. The molecular weight excluding hydrogens is 592 g/mol. The number of allylic oxidation sites excluding steroid dienone is 6. The predicted molar refractivity (Wildman–Crippen MR) is 178 cm³/mol. The van der Waals surface area contributed by atoms with Crippen molar-refractivity contribution in [2.75, 3.05) is 23.9 Å². The number of nitrogens with zero attached hydrogens (tertiary/aromatic N) is 4. The number of carbonyl (C=O) groups excluding carboxylic acids is 4. The molecule has 1 saturated heterocycles. The molecule has 9 nitrogen and oxygen atoms in total. The summed E-state index contributed by atoms with van der Waals surface area (Å²) in [5, 5.41) is 18.9. The maximum atomic E-state index is 14.2. The summed E-state index contributed by atoms with van der Waals surface area (Å²) in [6, 6.07) is 19.7. The van der Waals surface area contributed by atoms with Crippen LogP contribution in [-0.2, 0) is 19.2 Å². The Labute approximate surface area is 272 Å². The van der Waals surface area contributed by atoms with Crippen LogP contribution in [0.25, 0.3) is 0 Å². The number of azo groups is 1. The molecule has 7 rings (SSSR count). The van der Waals surface area contributed by atoms with Gasteiger partial charge in [0.05, 0.1) is 28.9 Å². The highest BCUT2D eigenvalue weighted by atomic mass is 16.3. The number of anilines is 2. The fourth-order valence-electron chi connectivity index (χ4n) is 7.48. The number of hydrogen-bond acceptors (Lipinski definition) is 8. The van der Waals surface area contributed by atoms with Crippen LogP contribution in [0.1, 0.15) is 36.8 Å². The first kappa shape index (κ1) is 30.2. The molecule has 0 aromatic heterocycles. The minimum Gasteiger partial charge on any atom is -0.508 e. The fourth-order valence-corrected chi connectivity index (χ4v) is 7.48. The molecule has 3 aromatic carbocycles. The zero-order chi connectivity index (χ0) is 33.1. The number of aromatic hydroxyl groups is 1. The molecule has 3 aromatic rings. The molecule has 4 aliphatic rings. The van der Waals surface area contributed by atoms with Crippen LogP contribution in [0.3, 0.4) is 0 Å². The summed E-state index contributed by atoms with van der Waals surface area (Å²) >= 11 is 0. The number of ketones is 2. The van der Waals surface area contributed by atoms with E-state index < -0.39 is 23.7 Å². The molecule has 9 heteroatoms. The molecule has 0 bridgehead atoms. The fraction of sp³-hybridized carbons (Fsp3) is 0.263. The summed E-state index contributed by atoms with van der Waals surface area (Å²) in [6.45, 7) is 3.42. The second-order valence-corrected chi connectivity index (χ2v) is 12.9. The zero-order valence-corrected chi connectivity index (χ0v) is 26.6. The lowest BCUT2D eigenvalue weighted by Crippen LogP contribution is -2.39. The van der Waals surface area contributed by atoms with Gasteiger partial charge in [-0.25, -0.2) is 0 Å². The van der Waals surface area contributed by atoms with Gasteiger partial charge in [0.2, 0.25) is 11.8 Å². The Morgan fingerprint density at radius 3 is 2.13 bits per heavy atom. The average molecular weight is 627 g/mol. The number of aryl methyl sites for hydroxylation is 1. The van der Waals surface area contributed by atoms with Gasteiger partial charge in [0.25, 0.3) is 0 Å². The normalized spacial score (nSPS) is 23.9. The van der Waals surface area contributed by atoms with E-state index in [-0.39, 0.29) is 35.6 Å². The van der Waals surface area contributed by atoms with Gasteiger partial charge in [-0.3, -0.25) is 24.1 Å². The largest absolute Gasteiger partial charge is 0.508 e. The summed E-state index contributed by atoms with van der Waals surface area (Å²) in [4.78, 5) is 58.3. The molecule has 1 aliphatic heterocycles. The summed E-state index contributed by atoms with van der Waals surface area (Å²) in [6.07, 6.45) is 3.95. The number of phenolic OH excluding ortho intramolecular Hbond substituents is 1. The van der Waals surface area contributed by atoms with Crippen molar-refractivity contribution in [1.29, 1.82) is 0 Å². The molecule has 1 N–H and O–H groups in total. The highest BCUT2D eigenvalue weighted by Crippen LogP contribution is 2.55. The topological polar surface area (TPSA) is 120 Å².